The van der Waals surface area contributed by atoms with Gasteiger partial charge in [0.2, 0.25) is 0 Å². The number of benzene rings is 1. The molecule has 20 heavy (non-hydrogen) atoms. The van der Waals surface area contributed by atoms with E-state index in [2.05, 4.69) is 0 Å². The van der Waals surface area contributed by atoms with Gasteiger partial charge >= 0.3 is 5.97 Å². The maximum Gasteiger partial charge on any atom is 0.321 e. The number of carbonyl (C=O) groups is 1. The van der Waals surface area contributed by atoms with E-state index >= 15 is 0 Å². The second-order valence-electron chi connectivity index (χ2n) is 5.09. The molecule has 1 aliphatic rings. The molecule has 0 bridgehead atoms. The van der Waals surface area contributed by atoms with Crippen LogP contribution < -0.4 is 0 Å². The molecule has 108 valence electrons. The lowest BCUT2D eigenvalue weighted by Gasteiger charge is -2.23. The highest BCUT2D eigenvalue weighted by molar-refractivity contribution is 5.74. The Morgan fingerprint density at radius 3 is 2.85 bits per heavy atom. The quantitative estimate of drug-likeness (QED) is 0.674. The van der Waals surface area contributed by atoms with Crippen molar-refractivity contribution in [3.05, 3.63) is 39.7 Å². The van der Waals surface area contributed by atoms with Gasteiger partial charge in [-0.1, -0.05) is 6.92 Å². The van der Waals surface area contributed by atoms with Gasteiger partial charge in [0.25, 0.3) is 5.69 Å². The Morgan fingerprint density at radius 1 is 1.55 bits per heavy atom. The second kappa shape index (κ2) is 5.54. The molecule has 2 unspecified atom stereocenters. The monoisotopic (exact) mass is 282 g/mol. The van der Waals surface area contributed by atoms with Gasteiger partial charge in [0, 0.05) is 12.6 Å². The van der Waals surface area contributed by atoms with E-state index in [0.29, 0.717) is 12.1 Å². The SMILES string of the molecule is CC1CCN(Cc2cc(F)cc([N+](=O)[O-])c2)C1C(=O)O. The fourth-order valence-corrected chi connectivity index (χ4v) is 2.67. The van der Waals surface area contributed by atoms with Crippen molar-refractivity contribution < 1.29 is 19.2 Å². The van der Waals surface area contributed by atoms with Crippen LogP contribution in [0.15, 0.2) is 18.2 Å². The van der Waals surface area contributed by atoms with Crippen LogP contribution in [0.3, 0.4) is 0 Å². The van der Waals surface area contributed by atoms with Crippen molar-refractivity contribution in [3.8, 4) is 0 Å². The van der Waals surface area contributed by atoms with E-state index in [9.17, 15) is 24.4 Å². The van der Waals surface area contributed by atoms with E-state index in [0.717, 1.165) is 12.5 Å². The van der Waals surface area contributed by atoms with E-state index in [1.807, 2.05) is 6.92 Å². The van der Waals surface area contributed by atoms with Crippen LogP contribution in [0, 0.1) is 21.8 Å². The number of nitro groups is 1. The molecule has 0 aromatic heterocycles. The Hall–Kier alpha value is -2.02. The number of likely N-dealkylation sites (tertiary alicyclic amines) is 1. The Balaban J connectivity index is 2.21. The number of rotatable bonds is 4. The Kier molecular flexibility index (Phi) is 3.99. The number of hydrogen-bond donors (Lipinski definition) is 1. The lowest BCUT2D eigenvalue weighted by molar-refractivity contribution is -0.385. The van der Waals surface area contributed by atoms with E-state index in [1.165, 1.54) is 12.1 Å². The molecule has 7 heteroatoms. The van der Waals surface area contributed by atoms with Crippen molar-refractivity contribution in [1.82, 2.24) is 4.90 Å². The second-order valence-corrected chi connectivity index (χ2v) is 5.09. The van der Waals surface area contributed by atoms with Gasteiger partial charge in [-0.3, -0.25) is 19.8 Å². The number of non-ortho nitro benzene ring substituents is 1. The fourth-order valence-electron chi connectivity index (χ4n) is 2.67. The van der Waals surface area contributed by atoms with E-state index < -0.39 is 22.8 Å². The van der Waals surface area contributed by atoms with E-state index in [1.54, 1.807) is 4.90 Å². The third kappa shape index (κ3) is 2.93. The smallest absolute Gasteiger partial charge is 0.321 e. The molecule has 1 heterocycles. The van der Waals surface area contributed by atoms with Gasteiger partial charge in [-0.25, -0.2) is 4.39 Å². The number of halogens is 1. The number of carboxylic acids is 1. The molecule has 0 spiro atoms. The fraction of sp³-hybridized carbons (Fsp3) is 0.462. The Bertz CT molecular complexity index is 549. The van der Waals surface area contributed by atoms with Crippen molar-refractivity contribution >= 4 is 11.7 Å². The summed E-state index contributed by atoms with van der Waals surface area (Å²) in [6.45, 7) is 2.63. The molecule has 1 N–H and O–H groups in total. The summed E-state index contributed by atoms with van der Waals surface area (Å²) >= 11 is 0. The Labute approximate surface area is 115 Å². The lowest BCUT2D eigenvalue weighted by Crippen LogP contribution is -2.38. The van der Waals surface area contributed by atoms with Gasteiger partial charge in [0.1, 0.15) is 11.9 Å². The molecule has 0 radical (unpaired) electrons. The minimum absolute atomic E-state index is 0.0102. The van der Waals surface area contributed by atoms with Crippen LogP contribution in [0.1, 0.15) is 18.9 Å². The number of nitro benzene ring substituents is 1. The van der Waals surface area contributed by atoms with Crippen molar-refractivity contribution in [2.75, 3.05) is 6.54 Å². The Morgan fingerprint density at radius 2 is 2.25 bits per heavy atom. The van der Waals surface area contributed by atoms with Gasteiger partial charge in [-0.2, -0.15) is 0 Å². The zero-order valence-electron chi connectivity index (χ0n) is 11.0. The molecule has 1 fully saturated rings. The highest BCUT2D eigenvalue weighted by atomic mass is 19.1. The third-order valence-corrected chi connectivity index (χ3v) is 3.60. The summed E-state index contributed by atoms with van der Waals surface area (Å²) < 4.78 is 13.4. The molecule has 1 aliphatic heterocycles. The molecule has 1 aromatic carbocycles. The van der Waals surface area contributed by atoms with Crippen molar-refractivity contribution in [2.24, 2.45) is 5.92 Å². The highest BCUT2D eigenvalue weighted by Gasteiger charge is 2.36. The number of carboxylic acid groups (broad SMARTS) is 1. The maximum atomic E-state index is 13.4. The number of hydrogen-bond acceptors (Lipinski definition) is 4. The molecular weight excluding hydrogens is 267 g/mol. The van der Waals surface area contributed by atoms with E-state index in [-0.39, 0.29) is 18.2 Å². The molecule has 0 aliphatic carbocycles. The lowest BCUT2D eigenvalue weighted by atomic mass is 10.0. The maximum absolute atomic E-state index is 13.4. The van der Waals surface area contributed by atoms with Gasteiger partial charge in [0.15, 0.2) is 0 Å². The van der Waals surface area contributed by atoms with Crippen LogP contribution in [0.4, 0.5) is 10.1 Å². The molecule has 1 aromatic rings. The first-order chi connectivity index (χ1) is 9.38. The van der Waals surface area contributed by atoms with Crippen molar-refractivity contribution in [1.29, 1.82) is 0 Å². The van der Waals surface area contributed by atoms with Gasteiger partial charge < -0.3 is 5.11 Å². The summed E-state index contributed by atoms with van der Waals surface area (Å²) in [6, 6.07) is 2.71. The van der Waals surface area contributed by atoms with Gasteiger partial charge in [0.05, 0.1) is 11.0 Å². The zero-order valence-corrected chi connectivity index (χ0v) is 11.0. The third-order valence-electron chi connectivity index (χ3n) is 3.60. The van der Waals surface area contributed by atoms with Crippen LogP contribution in [0.5, 0.6) is 0 Å². The molecule has 0 saturated carbocycles. The standard InChI is InChI=1S/C13H15FN2O4/c1-8-2-3-15(12(8)13(17)18)7-9-4-10(14)6-11(5-9)16(19)20/h4-6,8,12H,2-3,7H2,1H3,(H,17,18). The molecule has 2 rings (SSSR count). The summed E-state index contributed by atoms with van der Waals surface area (Å²) in [5.41, 5.74) is 0.0937. The normalized spacial score (nSPS) is 22.9. The minimum atomic E-state index is -0.916. The highest BCUT2D eigenvalue weighted by Crippen LogP contribution is 2.27. The predicted molar refractivity (Wildman–Crippen MR) is 68.7 cm³/mol. The van der Waals surface area contributed by atoms with Crippen LogP contribution in [-0.2, 0) is 11.3 Å². The molecule has 0 amide bonds. The van der Waals surface area contributed by atoms with Gasteiger partial charge in [-0.05, 0) is 30.5 Å². The van der Waals surface area contributed by atoms with Crippen LogP contribution in [0.25, 0.3) is 0 Å². The minimum Gasteiger partial charge on any atom is -0.480 e. The van der Waals surface area contributed by atoms with Crippen molar-refractivity contribution in [2.45, 2.75) is 25.9 Å². The summed E-state index contributed by atoms with van der Waals surface area (Å²) in [5, 5.41) is 19.9. The van der Waals surface area contributed by atoms with Crippen LogP contribution in [-0.4, -0.2) is 33.5 Å². The van der Waals surface area contributed by atoms with Crippen LogP contribution >= 0.6 is 0 Å². The summed E-state index contributed by atoms with van der Waals surface area (Å²) in [6.07, 6.45) is 0.744. The number of nitrogens with zero attached hydrogens (tertiary/aromatic N) is 2. The van der Waals surface area contributed by atoms with Gasteiger partial charge in [-0.15, -0.1) is 0 Å². The molecule has 1 saturated heterocycles. The van der Waals surface area contributed by atoms with Crippen LogP contribution in [0.2, 0.25) is 0 Å². The summed E-state index contributed by atoms with van der Waals surface area (Å²) in [5.74, 6) is -1.59. The zero-order chi connectivity index (χ0) is 14.9. The number of aliphatic carboxylic acids is 1. The van der Waals surface area contributed by atoms with E-state index in [4.69, 9.17) is 0 Å². The average molecular weight is 282 g/mol. The molecule has 2 atom stereocenters. The molecular formula is C13H15FN2O4. The first kappa shape index (κ1) is 14.4. The average Bonchev–Trinajstić information content (AvgIpc) is 2.69. The summed E-state index contributed by atoms with van der Waals surface area (Å²) in [4.78, 5) is 23.0. The largest absolute Gasteiger partial charge is 0.480 e. The first-order valence-corrected chi connectivity index (χ1v) is 6.29. The first-order valence-electron chi connectivity index (χ1n) is 6.29. The van der Waals surface area contributed by atoms with Crippen molar-refractivity contribution in [3.63, 3.8) is 0 Å². The topological polar surface area (TPSA) is 83.7 Å². The summed E-state index contributed by atoms with van der Waals surface area (Å²) in [7, 11) is 0. The molecule has 6 nitrogen and oxygen atoms in total. The predicted octanol–water partition coefficient (Wildman–Crippen LogP) is 2.03.